The van der Waals surface area contributed by atoms with E-state index in [1.807, 2.05) is 0 Å². The van der Waals surface area contributed by atoms with Gasteiger partial charge in [0.1, 0.15) is 16.3 Å². The number of nitrogens with zero attached hydrogens (tertiary/aromatic N) is 1. The molecule has 0 radical (unpaired) electrons. The number of thioether (sulfide) groups is 1. The Morgan fingerprint density at radius 3 is 2.68 bits per heavy atom. The first kappa shape index (κ1) is 18.3. The highest BCUT2D eigenvalue weighted by Crippen LogP contribution is 2.53. The lowest BCUT2D eigenvalue weighted by molar-refractivity contribution is -0.122. The van der Waals surface area contributed by atoms with Crippen LogP contribution in [0.1, 0.15) is 17.5 Å². The fourth-order valence-electron chi connectivity index (χ4n) is 3.45. The van der Waals surface area contributed by atoms with E-state index < -0.39 is 27.8 Å². The summed E-state index contributed by atoms with van der Waals surface area (Å²) in [5, 5.41) is 11.4. The Kier molecular flexibility index (Phi) is 4.46. The number of ether oxygens (including phenoxy) is 1. The quantitative estimate of drug-likeness (QED) is 0.816. The third-order valence-electron chi connectivity index (χ3n) is 4.72. The van der Waals surface area contributed by atoms with Crippen LogP contribution in [0.25, 0.3) is 0 Å². The zero-order valence-corrected chi connectivity index (χ0v) is 15.3. The second kappa shape index (κ2) is 6.83. The van der Waals surface area contributed by atoms with Crippen molar-refractivity contribution < 1.29 is 28.6 Å². The number of benzene rings is 2. The zero-order chi connectivity index (χ0) is 19.9. The normalized spacial score (nSPS) is 20.5. The first-order chi connectivity index (χ1) is 13.4. The number of imide groups is 1. The summed E-state index contributed by atoms with van der Waals surface area (Å²) < 4.78 is 18.8. The molecule has 3 amide bonds. The molecule has 0 bridgehead atoms. The molecular formula is C19H15FN2O5S. The number of carbonyl (C=O) groups is 3. The maximum absolute atomic E-state index is 14.5. The number of hydrogen-bond donors (Lipinski definition) is 2. The predicted molar refractivity (Wildman–Crippen MR) is 100.0 cm³/mol. The number of carbonyl (C=O) groups excluding carboxylic acids is 2. The van der Waals surface area contributed by atoms with E-state index in [0.29, 0.717) is 5.56 Å². The summed E-state index contributed by atoms with van der Waals surface area (Å²) in [5.41, 5.74) is 0.871. The fraction of sp³-hybridized carbons (Fsp3) is 0.211. The molecule has 2 N–H and O–H groups in total. The molecule has 2 aliphatic heterocycles. The van der Waals surface area contributed by atoms with Crippen molar-refractivity contribution in [2.45, 2.75) is 17.7 Å². The van der Waals surface area contributed by atoms with Gasteiger partial charge in [0, 0.05) is 18.1 Å². The van der Waals surface area contributed by atoms with Gasteiger partial charge in [-0.3, -0.25) is 19.8 Å². The second-order valence-corrected chi connectivity index (χ2v) is 7.70. The monoisotopic (exact) mass is 402 g/mol. The molecule has 9 heteroatoms. The van der Waals surface area contributed by atoms with Gasteiger partial charge in [-0.2, -0.15) is 0 Å². The molecule has 0 aliphatic carbocycles. The van der Waals surface area contributed by atoms with Crippen LogP contribution in [0.15, 0.2) is 42.5 Å². The Morgan fingerprint density at radius 1 is 1.29 bits per heavy atom. The first-order valence-electron chi connectivity index (χ1n) is 8.46. The molecule has 1 unspecified atom stereocenters. The maximum atomic E-state index is 14.5. The van der Waals surface area contributed by atoms with E-state index in [2.05, 4.69) is 5.32 Å². The Balaban J connectivity index is 1.84. The van der Waals surface area contributed by atoms with Crippen LogP contribution in [-0.4, -0.2) is 29.0 Å². The molecule has 2 aliphatic rings. The van der Waals surface area contributed by atoms with Crippen LogP contribution in [0, 0.1) is 5.82 Å². The molecule has 7 nitrogen and oxygen atoms in total. The molecule has 2 aromatic carbocycles. The largest absolute Gasteiger partial charge is 0.491 e. The molecule has 144 valence electrons. The topological polar surface area (TPSA) is 95.9 Å². The molecule has 1 saturated heterocycles. The molecule has 2 heterocycles. The van der Waals surface area contributed by atoms with Crippen LogP contribution in [0.5, 0.6) is 5.75 Å². The van der Waals surface area contributed by atoms with E-state index in [1.165, 1.54) is 0 Å². The molecule has 1 fully saturated rings. The molecule has 0 saturated carbocycles. The van der Waals surface area contributed by atoms with Crippen LogP contribution in [0.2, 0.25) is 0 Å². The highest BCUT2D eigenvalue weighted by atomic mass is 32.2. The van der Waals surface area contributed by atoms with Gasteiger partial charge in [-0.05, 0) is 23.4 Å². The molecule has 2 aromatic rings. The summed E-state index contributed by atoms with van der Waals surface area (Å²) >= 11 is 0.769. The minimum absolute atomic E-state index is 0.00169. The minimum Gasteiger partial charge on any atom is -0.491 e. The second-order valence-electron chi connectivity index (χ2n) is 6.43. The third kappa shape index (κ3) is 2.97. The Labute approximate surface area is 163 Å². The predicted octanol–water partition coefficient (Wildman–Crippen LogP) is 3.47. The number of rotatable bonds is 3. The number of anilines is 1. The molecule has 4 rings (SSSR count). The Bertz CT molecular complexity index is 984. The summed E-state index contributed by atoms with van der Waals surface area (Å²) in [7, 11) is 0. The zero-order valence-electron chi connectivity index (χ0n) is 14.5. The molecule has 1 atom stereocenters. The van der Waals surface area contributed by atoms with Crippen molar-refractivity contribution in [3.63, 3.8) is 0 Å². The number of fused-ring (bicyclic) bond motifs is 2. The van der Waals surface area contributed by atoms with Crippen molar-refractivity contribution in [2.75, 3.05) is 11.5 Å². The van der Waals surface area contributed by atoms with Crippen molar-refractivity contribution >= 4 is 34.7 Å². The third-order valence-corrected chi connectivity index (χ3v) is 5.97. The molecule has 0 aromatic heterocycles. The van der Waals surface area contributed by atoms with Crippen LogP contribution >= 0.6 is 11.8 Å². The average molecular weight is 402 g/mol. The highest BCUT2D eigenvalue weighted by Gasteiger charge is 2.53. The van der Waals surface area contributed by atoms with Crippen LogP contribution in [0.3, 0.4) is 0 Å². The lowest BCUT2D eigenvalue weighted by atomic mass is 9.90. The highest BCUT2D eigenvalue weighted by molar-refractivity contribution is 8.15. The fourth-order valence-corrected chi connectivity index (χ4v) is 4.50. The number of nitrogens with one attached hydrogen (secondary N) is 1. The van der Waals surface area contributed by atoms with Gasteiger partial charge in [-0.1, -0.05) is 30.3 Å². The Hall–Kier alpha value is -3.07. The van der Waals surface area contributed by atoms with Gasteiger partial charge in [0.2, 0.25) is 5.91 Å². The van der Waals surface area contributed by atoms with Crippen molar-refractivity contribution in [1.82, 2.24) is 5.32 Å². The van der Waals surface area contributed by atoms with Gasteiger partial charge in [-0.15, -0.1) is 0 Å². The smallest absolute Gasteiger partial charge is 0.412 e. The molecule has 28 heavy (non-hydrogen) atoms. The lowest BCUT2D eigenvalue weighted by Gasteiger charge is -2.34. The van der Waals surface area contributed by atoms with E-state index in [9.17, 15) is 23.9 Å². The maximum Gasteiger partial charge on any atom is 0.412 e. The Morgan fingerprint density at radius 2 is 2.04 bits per heavy atom. The minimum atomic E-state index is -1.32. The van der Waals surface area contributed by atoms with Crippen molar-refractivity contribution in [2.24, 2.45) is 0 Å². The number of amides is 3. The lowest BCUT2D eigenvalue weighted by Crippen LogP contribution is -2.39. The van der Waals surface area contributed by atoms with Gasteiger partial charge >= 0.3 is 6.09 Å². The van der Waals surface area contributed by atoms with Crippen LogP contribution in [0.4, 0.5) is 19.7 Å². The number of hydrogen-bond acceptors (Lipinski definition) is 5. The van der Waals surface area contributed by atoms with E-state index in [-0.39, 0.29) is 36.6 Å². The van der Waals surface area contributed by atoms with E-state index in [0.717, 1.165) is 28.8 Å². The standard InChI is InChI=1S/C19H15FN2O5S/c20-12-8-13-15(27-7-6-19(13)16(23)21-17(24)28-19)14(9-12)22(18(25)26)10-11-4-2-1-3-5-11/h1-5,8-9H,6-7,10H2,(H,25,26)(H,21,23,24). The van der Waals surface area contributed by atoms with Crippen molar-refractivity contribution in [3.05, 3.63) is 59.4 Å². The first-order valence-corrected chi connectivity index (χ1v) is 9.28. The number of carboxylic acid groups (broad SMARTS) is 1. The summed E-state index contributed by atoms with van der Waals surface area (Å²) in [4.78, 5) is 37.2. The van der Waals surface area contributed by atoms with Gasteiger partial charge in [-0.25, -0.2) is 9.18 Å². The van der Waals surface area contributed by atoms with E-state index in [4.69, 9.17) is 4.74 Å². The van der Waals surface area contributed by atoms with Crippen molar-refractivity contribution in [1.29, 1.82) is 0 Å². The van der Waals surface area contributed by atoms with Gasteiger partial charge in [0.05, 0.1) is 18.8 Å². The van der Waals surface area contributed by atoms with Gasteiger partial charge < -0.3 is 9.84 Å². The van der Waals surface area contributed by atoms with E-state index >= 15 is 0 Å². The average Bonchev–Trinajstić information content (AvgIpc) is 2.94. The van der Waals surface area contributed by atoms with Gasteiger partial charge in [0.25, 0.3) is 5.24 Å². The van der Waals surface area contributed by atoms with Crippen LogP contribution in [-0.2, 0) is 16.1 Å². The SMILES string of the molecule is O=C1NC(=O)C2(CCOc3c(N(Cc4ccccc4)C(=O)O)cc(F)cc32)S1. The van der Waals surface area contributed by atoms with Crippen LogP contribution < -0.4 is 15.0 Å². The van der Waals surface area contributed by atoms with E-state index in [1.54, 1.807) is 30.3 Å². The summed E-state index contributed by atoms with van der Waals surface area (Å²) in [6.45, 7) is 0.0683. The summed E-state index contributed by atoms with van der Waals surface area (Å²) in [5.74, 6) is -1.16. The number of halogens is 1. The summed E-state index contributed by atoms with van der Waals surface area (Å²) in [6, 6.07) is 11.0. The molecule has 1 spiro atoms. The van der Waals surface area contributed by atoms with Gasteiger partial charge in [0.15, 0.2) is 0 Å². The van der Waals surface area contributed by atoms with Crippen molar-refractivity contribution in [3.8, 4) is 5.75 Å². The molecular weight excluding hydrogens is 387 g/mol. The summed E-state index contributed by atoms with van der Waals surface area (Å²) in [6.07, 6.45) is -1.11.